The first kappa shape index (κ1) is 27.5. The van der Waals surface area contributed by atoms with E-state index in [9.17, 15) is 9.59 Å². The summed E-state index contributed by atoms with van der Waals surface area (Å²) >= 11 is 19.3. The molecule has 0 N–H and O–H groups in total. The summed E-state index contributed by atoms with van der Waals surface area (Å²) in [6.07, 6.45) is -1.25. The monoisotopic (exact) mass is 529 g/mol. The Balaban J connectivity index is 2.65. The Bertz CT molecular complexity index is 1020. The Kier molecular flexibility index (Phi) is 8.55. The minimum absolute atomic E-state index is 0.273. The minimum Gasteiger partial charge on any atom is -0.467 e. The zero-order chi connectivity index (χ0) is 25.2. The number of ether oxygens (including phenoxy) is 2. The number of carbonyl (C=O) groups is 2. The molecule has 0 spiro atoms. The van der Waals surface area contributed by atoms with Crippen molar-refractivity contribution in [2.75, 3.05) is 7.11 Å². The molecule has 1 amide bonds. The maximum atomic E-state index is 13.9. The molecule has 2 aromatic carbocycles. The molecule has 1 unspecified atom stereocenters. The van der Waals surface area contributed by atoms with E-state index in [1.54, 1.807) is 34.9 Å². The van der Waals surface area contributed by atoms with Gasteiger partial charge < -0.3 is 14.0 Å². The molecule has 0 bridgehead atoms. The van der Waals surface area contributed by atoms with Crippen molar-refractivity contribution in [1.29, 1.82) is 0 Å². The topological polar surface area (TPSA) is 55.8 Å². The zero-order valence-corrected chi connectivity index (χ0v) is 23.2. The van der Waals surface area contributed by atoms with Gasteiger partial charge in [-0.25, -0.2) is 4.79 Å². The van der Waals surface area contributed by atoms with Crippen LogP contribution in [0.5, 0.6) is 5.75 Å². The number of aryl methyl sites for hydroxylation is 1. The Hall–Kier alpha value is -1.73. The summed E-state index contributed by atoms with van der Waals surface area (Å²) in [7, 11) is -1.36. The lowest BCUT2D eigenvalue weighted by Crippen LogP contribution is -2.65. The highest BCUT2D eigenvalue weighted by molar-refractivity contribution is 6.80. The number of nitrogens with zero attached hydrogens (tertiary/aromatic N) is 1. The van der Waals surface area contributed by atoms with Crippen molar-refractivity contribution in [3.63, 3.8) is 0 Å². The molecule has 0 fully saturated rings. The summed E-state index contributed by atoms with van der Waals surface area (Å²) in [5, 5.41) is -0.280. The van der Waals surface area contributed by atoms with Crippen LogP contribution in [-0.2, 0) is 4.74 Å². The number of hydrogen-bond acceptors (Lipinski definition) is 4. The number of rotatable bonds is 6. The van der Waals surface area contributed by atoms with Crippen molar-refractivity contribution < 1.29 is 19.1 Å². The van der Waals surface area contributed by atoms with Gasteiger partial charge in [-0.2, -0.15) is 0 Å². The Labute approximate surface area is 212 Å². The summed E-state index contributed by atoms with van der Waals surface area (Å²) in [5.74, 6) is -0.538. The van der Waals surface area contributed by atoms with Gasteiger partial charge >= 0.3 is 5.97 Å². The highest BCUT2D eigenvalue weighted by Gasteiger charge is 2.53. The maximum absolute atomic E-state index is 13.9. The van der Waals surface area contributed by atoms with Crippen molar-refractivity contribution in [2.24, 2.45) is 0 Å². The van der Waals surface area contributed by atoms with Crippen LogP contribution in [0.25, 0.3) is 0 Å². The number of hydrogen-bond donors (Lipinski definition) is 0. The number of amides is 1. The molecular formula is C24H30Cl3NO4Si. The van der Waals surface area contributed by atoms with Crippen LogP contribution in [0.2, 0.25) is 18.1 Å². The second-order valence-corrected chi connectivity index (χ2v) is 16.9. The van der Waals surface area contributed by atoms with Crippen molar-refractivity contribution in [3.8, 4) is 5.75 Å². The predicted molar refractivity (Wildman–Crippen MR) is 137 cm³/mol. The lowest BCUT2D eigenvalue weighted by atomic mass is 10.1. The molecule has 2 aromatic rings. The highest BCUT2D eigenvalue weighted by Crippen LogP contribution is 2.45. The van der Waals surface area contributed by atoms with Crippen LogP contribution in [0, 0.1) is 6.92 Å². The maximum Gasteiger partial charge on any atom is 0.337 e. The van der Waals surface area contributed by atoms with Gasteiger partial charge in [0.05, 0.1) is 12.7 Å². The van der Waals surface area contributed by atoms with E-state index in [-0.39, 0.29) is 22.3 Å². The summed E-state index contributed by atoms with van der Waals surface area (Å²) in [6.45, 7) is 12.2. The van der Waals surface area contributed by atoms with Gasteiger partial charge in [-0.05, 0) is 42.3 Å². The molecule has 0 aliphatic rings. The Morgan fingerprint density at radius 1 is 0.970 bits per heavy atom. The molecule has 1 atom stereocenters. The number of methoxy groups -OCH3 is 1. The first-order chi connectivity index (χ1) is 15.1. The first-order valence-electron chi connectivity index (χ1n) is 10.4. The number of benzene rings is 2. The van der Waals surface area contributed by atoms with Gasteiger partial charge in [0.2, 0.25) is 15.9 Å². The average Bonchev–Trinajstić information content (AvgIpc) is 2.71. The van der Waals surface area contributed by atoms with E-state index < -0.39 is 24.2 Å². The normalized spacial score (nSPS) is 13.3. The third-order valence-electron chi connectivity index (χ3n) is 5.94. The Morgan fingerprint density at radius 3 is 2.06 bits per heavy atom. The summed E-state index contributed by atoms with van der Waals surface area (Å²) in [5.41, 5.74) is 1.70. The molecule has 0 aliphatic heterocycles. The summed E-state index contributed by atoms with van der Waals surface area (Å²) < 4.78 is 10.6. The summed E-state index contributed by atoms with van der Waals surface area (Å²) in [4.78, 5) is 25.9. The van der Waals surface area contributed by atoms with E-state index in [1.807, 2.05) is 32.2 Å². The van der Waals surface area contributed by atoms with Gasteiger partial charge in [-0.15, -0.1) is 0 Å². The largest absolute Gasteiger partial charge is 0.467 e. The van der Waals surface area contributed by atoms with E-state index in [0.717, 1.165) is 5.56 Å². The lowest BCUT2D eigenvalue weighted by molar-refractivity contribution is 0.0494. The van der Waals surface area contributed by atoms with Crippen molar-refractivity contribution >= 4 is 54.9 Å². The van der Waals surface area contributed by atoms with E-state index in [4.69, 9.17) is 44.3 Å². The van der Waals surface area contributed by atoms with E-state index >= 15 is 0 Å². The lowest BCUT2D eigenvalue weighted by Gasteiger charge is -2.50. The molecule has 0 saturated carbocycles. The molecule has 0 aromatic heterocycles. The molecule has 33 heavy (non-hydrogen) atoms. The molecule has 9 heteroatoms. The molecule has 0 saturated heterocycles. The average molecular weight is 531 g/mol. The Morgan fingerprint density at radius 2 is 1.55 bits per heavy atom. The third-order valence-corrected chi connectivity index (χ3v) is 11.8. The van der Waals surface area contributed by atoms with E-state index in [1.165, 1.54) is 13.2 Å². The van der Waals surface area contributed by atoms with Gasteiger partial charge in [0.25, 0.3) is 0 Å². The third kappa shape index (κ3) is 6.44. The van der Waals surface area contributed by atoms with Gasteiger partial charge in [0.15, 0.2) is 8.24 Å². The number of esters is 1. The van der Waals surface area contributed by atoms with Crippen LogP contribution in [-0.4, -0.2) is 41.8 Å². The first-order valence-corrected chi connectivity index (χ1v) is 14.5. The van der Waals surface area contributed by atoms with Crippen molar-refractivity contribution in [1.82, 2.24) is 4.57 Å². The van der Waals surface area contributed by atoms with Crippen LogP contribution < -0.4 is 4.74 Å². The van der Waals surface area contributed by atoms with Crippen molar-refractivity contribution in [2.45, 2.75) is 55.8 Å². The fourth-order valence-electron chi connectivity index (χ4n) is 3.14. The molecule has 0 heterocycles. The molecule has 5 nitrogen and oxygen atoms in total. The number of carbonyl (C=O) groups excluding carboxylic acids is 2. The van der Waals surface area contributed by atoms with Gasteiger partial charge in [0.1, 0.15) is 5.75 Å². The van der Waals surface area contributed by atoms with Crippen LogP contribution >= 0.6 is 34.8 Å². The van der Waals surface area contributed by atoms with Crippen LogP contribution in [0.15, 0.2) is 48.5 Å². The van der Waals surface area contributed by atoms with E-state index in [0.29, 0.717) is 5.56 Å². The van der Waals surface area contributed by atoms with Crippen LogP contribution in [0.1, 0.15) is 47.1 Å². The molecule has 0 aliphatic carbocycles. The quantitative estimate of drug-likeness (QED) is 0.174. The second-order valence-electron chi connectivity index (χ2n) is 9.38. The molecular weight excluding hydrogens is 501 g/mol. The minimum atomic E-state index is -2.65. The predicted octanol–water partition coefficient (Wildman–Crippen LogP) is 7.00. The summed E-state index contributed by atoms with van der Waals surface area (Å²) in [6, 6.07) is 13.6. The fourth-order valence-corrected chi connectivity index (χ4v) is 6.01. The fraction of sp³-hybridized carbons (Fsp3) is 0.417. The number of alkyl halides is 3. The zero-order valence-electron chi connectivity index (χ0n) is 19.9. The van der Waals surface area contributed by atoms with E-state index in [2.05, 4.69) is 20.8 Å². The van der Waals surface area contributed by atoms with Gasteiger partial charge in [0, 0.05) is 5.56 Å². The van der Waals surface area contributed by atoms with Gasteiger partial charge in [-0.1, -0.05) is 92.4 Å². The van der Waals surface area contributed by atoms with Crippen LogP contribution in [0.3, 0.4) is 0 Å². The van der Waals surface area contributed by atoms with Gasteiger partial charge in [-0.3, -0.25) is 4.79 Å². The smallest absolute Gasteiger partial charge is 0.337 e. The highest BCUT2D eigenvalue weighted by atomic mass is 35.6. The van der Waals surface area contributed by atoms with Crippen molar-refractivity contribution in [3.05, 3.63) is 65.2 Å². The standard InChI is InChI=1S/C24H30Cl3NO4Si/c1-16-10-8-11-17(14-16)20(29)28(33(6,7)23(2,3)4)22(24(25,26)27)32-19-13-9-12-18(15-19)21(30)31-5/h8-15,22H,1-7H3. The van der Waals surface area contributed by atoms with Crippen LogP contribution in [0.4, 0.5) is 0 Å². The second kappa shape index (κ2) is 10.3. The number of halogens is 3. The molecule has 2 rings (SSSR count). The molecule has 180 valence electrons. The SMILES string of the molecule is COC(=O)c1cccc(OC(N(C(=O)c2cccc(C)c2)[Si](C)(C)C(C)(C)C)C(Cl)(Cl)Cl)c1. The molecule has 0 radical (unpaired) electrons.